The molecule has 7 nitrogen and oxygen atoms in total. The normalized spacial score (nSPS) is 33.5. The number of nitrogens with one attached hydrogen (secondary N) is 1. The fourth-order valence-corrected chi connectivity index (χ4v) is 15.8. The van der Waals surface area contributed by atoms with Crippen LogP contribution in [0.1, 0.15) is 113 Å². The maximum Gasteiger partial charge on any atom is 0.339 e. The van der Waals surface area contributed by atoms with E-state index in [0.29, 0.717) is 43.4 Å². The first kappa shape index (κ1) is 44.7. The van der Waals surface area contributed by atoms with Gasteiger partial charge < -0.3 is 19.9 Å². The van der Waals surface area contributed by atoms with Crippen molar-refractivity contribution in [2.24, 2.45) is 46.3 Å². The number of halogens is 6. The van der Waals surface area contributed by atoms with Crippen molar-refractivity contribution < 1.29 is 29.0 Å². The van der Waals surface area contributed by atoms with E-state index in [1.807, 2.05) is 12.1 Å². The van der Waals surface area contributed by atoms with Crippen LogP contribution in [0, 0.1) is 67.8 Å². The summed E-state index contributed by atoms with van der Waals surface area (Å²) in [5.41, 5.74) is 0.789. The van der Waals surface area contributed by atoms with E-state index in [9.17, 15) is 19.5 Å². The van der Waals surface area contributed by atoms with Gasteiger partial charge in [-0.05, 0) is 258 Å². The molecule has 296 valence electrons. The van der Waals surface area contributed by atoms with Crippen molar-refractivity contribution in [3.8, 4) is 0 Å². The maximum atomic E-state index is 14.2. The van der Waals surface area contributed by atoms with E-state index in [1.54, 1.807) is 0 Å². The molecule has 4 aliphatic carbocycles. The Labute approximate surface area is 402 Å². The van der Waals surface area contributed by atoms with Crippen LogP contribution in [0.15, 0.2) is 24.3 Å². The Balaban J connectivity index is 1.29. The van der Waals surface area contributed by atoms with Crippen LogP contribution in [0.2, 0.25) is 0 Å². The maximum absolute atomic E-state index is 14.2. The summed E-state index contributed by atoms with van der Waals surface area (Å²) < 4.78 is 18.9. The first-order valence-corrected chi connectivity index (χ1v) is 25.6. The molecule has 13 heteroatoms. The summed E-state index contributed by atoms with van der Waals surface area (Å²) in [6.45, 7) is 9.73. The first-order valence-electron chi connectivity index (χ1n) is 19.1. The Morgan fingerprint density at radius 1 is 0.852 bits per heavy atom. The molecule has 4 fully saturated rings. The van der Waals surface area contributed by atoms with Gasteiger partial charge >= 0.3 is 11.9 Å². The number of rotatable bonds is 10. The molecule has 4 aliphatic rings. The number of hydrogen-bond acceptors (Lipinski definition) is 6. The molecular formula is C41H49I6NO6. The SMILES string of the molecule is CCCNC(=O)CCC(C)C1CCC2C3C(OC(=O)c4cc(I)cc(I)c4I)CC4CC(OC(=O)c5cc(I)cc(I)c5I)CCC4(C)C3CC(O)C12C. The molecular weight excluding hydrogens is 1360 g/mol. The second-order valence-electron chi connectivity index (χ2n) is 16.6. The van der Waals surface area contributed by atoms with Crippen LogP contribution in [0.3, 0.4) is 0 Å². The van der Waals surface area contributed by atoms with Gasteiger partial charge in [0.1, 0.15) is 12.2 Å². The Morgan fingerprint density at radius 2 is 1.46 bits per heavy atom. The van der Waals surface area contributed by atoms with Gasteiger partial charge in [0.25, 0.3) is 0 Å². The number of ether oxygens (including phenoxy) is 2. The van der Waals surface area contributed by atoms with Gasteiger partial charge in [0.15, 0.2) is 0 Å². The van der Waals surface area contributed by atoms with Gasteiger partial charge in [-0.25, -0.2) is 9.59 Å². The molecule has 2 aromatic carbocycles. The molecule has 0 aromatic heterocycles. The van der Waals surface area contributed by atoms with E-state index in [0.717, 1.165) is 59.9 Å². The summed E-state index contributed by atoms with van der Waals surface area (Å²) in [7, 11) is 0. The van der Waals surface area contributed by atoms with Crippen molar-refractivity contribution >= 4 is 153 Å². The van der Waals surface area contributed by atoms with E-state index in [1.165, 1.54) is 0 Å². The van der Waals surface area contributed by atoms with Gasteiger partial charge in [0.2, 0.25) is 5.91 Å². The van der Waals surface area contributed by atoms with E-state index in [-0.39, 0.29) is 76.4 Å². The van der Waals surface area contributed by atoms with Crippen LogP contribution in [-0.2, 0) is 14.3 Å². The van der Waals surface area contributed by atoms with Gasteiger partial charge in [0, 0.05) is 40.3 Å². The monoisotopic (exact) mass is 1410 g/mol. The van der Waals surface area contributed by atoms with Crippen molar-refractivity contribution in [3.05, 3.63) is 56.8 Å². The van der Waals surface area contributed by atoms with Crippen molar-refractivity contribution in [1.29, 1.82) is 0 Å². The molecule has 11 unspecified atom stereocenters. The summed E-state index contributed by atoms with van der Waals surface area (Å²) >= 11 is 13.6. The largest absolute Gasteiger partial charge is 0.459 e. The molecule has 6 rings (SSSR count). The average Bonchev–Trinajstić information content (AvgIpc) is 3.48. The minimum atomic E-state index is -0.488. The number of esters is 2. The first-order chi connectivity index (χ1) is 25.5. The molecule has 54 heavy (non-hydrogen) atoms. The highest BCUT2D eigenvalue weighted by Gasteiger charge is 2.66. The van der Waals surface area contributed by atoms with E-state index in [4.69, 9.17) is 9.47 Å². The lowest BCUT2D eigenvalue weighted by atomic mass is 9.43. The number of carbonyl (C=O) groups excluding carboxylic acids is 3. The van der Waals surface area contributed by atoms with E-state index < -0.39 is 6.10 Å². The molecule has 2 N–H and O–H groups in total. The fraction of sp³-hybridized carbons (Fsp3) is 0.634. The van der Waals surface area contributed by atoms with Gasteiger partial charge in [-0.3, -0.25) is 4.79 Å². The van der Waals surface area contributed by atoms with Gasteiger partial charge in [-0.15, -0.1) is 0 Å². The summed E-state index contributed by atoms with van der Waals surface area (Å²) in [6.07, 6.45) is 6.95. The van der Waals surface area contributed by atoms with Crippen molar-refractivity contribution in [1.82, 2.24) is 5.32 Å². The quantitative estimate of drug-likeness (QED) is 0.140. The zero-order valence-electron chi connectivity index (χ0n) is 31.0. The number of aliphatic hydroxyl groups is 1. The Hall–Kier alpha value is 1.19. The van der Waals surface area contributed by atoms with Crippen LogP contribution in [0.25, 0.3) is 0 Å². The number of benzene rings is 2. The van der Waals surface area contributed by atoms with E-state index in [2.05, 4.69) is 181 Å². The summed E-state index contributed by atoms with van der Waals surface area (Å²) in [4.78, 5) is 40.5. The van der Waals surface area contributed by atoms with Crippen molar-refractivity contribution in [2.75, 3.05) is 6.54 Å². The molecule has 0 radical (unpaired) electrons. The number of fused-ring (bicyclic) bond motifs is 5. The highest BCUT2D eigenvalue weighted by atomic mass is 127. The standard InChI is InChI=1S/C41H49I6NO6/c1-5-12-48-34(50)9-6-20(2)27-7-8-28-35-29(19-33(49)41(27,28)4)40(3)11-10-24(53-38(51)25-15-22(42)17-30(44)36(25)46)13-21(40)14-32(35)54-39(52)26-16-23(43)18-31(45)37(26)47/h15-18,20-21,24,27-29,32-33,35,49H,5-14,19H2,1-4H3,(H,48,50). The van der Waals surface area contributed by atoms with Crippen molar-refractivity contribution in [3.63, 3.8) is 0 Å². The predicted octanol–water partition coefficient (Wildman–Crippen LogP) is 11.2. The fourth-order valence-electron chi connectivity index (χ4n) is 11.1. The lowest BCUT2D eigenvalue weighted by Gasteiger charge is -2.64. The Kier molecular flexibility index (Phi) is 15.3. The molecule has 0 bridgehead atoms. The molecule has 0 spiro atoms. The third kappa shape index (κ3) is 8.96. The number of hydrogen-bond donors (Lipinski definition) is 2. The van der Waals surface area contributed by atoms with Crippen LogP contribution >= 0.6 is 136 Å². The van der Waals surface area contributed by atoms with Crippen LogP contribution in [-0.4, -0.2) is 47.8 Å². The lowest BCUT2D eigenvalue weighted by Crippen LogP contribution is -2.63. The van der Waals surface area contributed by atoms with Gasteiger partial charge in [0.05, 0.1) is 17.2 Å². The highest BCUT2D eigenvalue weighted by molar-refractivity contribution is 14.1. The molecule has 11 atom stereocenters. The number of carbonyl (C=O) groups is 3. The second-order valence-corrected chi connectivity index (χ2v) is 23.6. The summed E-state index contributed by atoms with van der Waals surface area (Å²) in [5.74, 6) is 0.755. The molecule has 0 aliphatic heterocycles. The number of aliphatic hydroxyl groups excluding tert-OH is 1. The minimum Gasteiger partial charge on any atom is -0.459 e. The highest BCUT2D eigenvalue weighted by Crippen LogP contribution is 2.69. The summed E-state index contributed by atoms with van der Waals surface area (Å²) in [6, 6.07) is 7.98. The lowest BCUT2D eigenvalue weighted by molar-refractivity contribution is -0.207. The predicted molar refractivity (Wildman–Crippen MR) is 261 cm³/mol. The number of amides is 1. The summed E-state index contributed by atoms with van der Waals surface area (Å²) in [5, 5.41) is 15.4. The molecule has 4 saturated carbocycles. The van der Waals surface area contributed by atoms with Crippen LogP contribution < -0.4 is 5.32 Å². The van der Waals surface area contributed by atoms with Crippen LogP contribution in [0.5, 0.6) is 0 Å². The van der Waals surface area contributed by atoms with Crippen molar-refractivity contribution in [2.45, 2.75) is 110 Å². The molecule has 2 aromatic rings. The van der Waals surface area contributed by atoms with Crippen LogP contribution in [0.4, 0.5) is 0 Å². The average molecular weight is 1410 g/mol. The third-order valence-corrected chi connectivity index (χ3v) is 21.2. The van der Waals surface area contributed by atoms with Gasteiger partial charge in [-0.2, -0.15) is 0 Å². The third-order valence-electron chi connectivity index (χ3n) is 13.8. The zero-order chi connectivity index (χ0) is 39.3. The second kappa shape index (κ2) is 18.4. The smallest absolute Gasteiger partial charge is 0.339 e. The molecule has 0 saturated heterocycles. The molecule has 1 amide bonds. The Bertz CT molecular complexity index is 1780. The topological polar surface area (TPSA) is 102 Å². The molecule has 0 heterocycles. The van der Waals surface area contributed by atoms with E-state index >= 15 is 0 Å². The zero-order valence-corrected chi connectivity index (χ0v) is 44.0. The minimum absolute atomic E-state index is 0.0856. The van der Waals surface area contributed by atoms with Gasteiger partial charge in [-0.1, -0.05) is 27.7 Å². The Morgan fingerprint density at radius 3 is 2.07 bits per heavy atom.